The van der Waals surface area contributed by atoms with Crippen molar-refractivity contribution in [1.29, 1.82) is 0 Å². The molecule has 0 bridgehead atoms. The van der Waals surface area contributed by atoms with Crippen LogP contribution in [0.2, 0.25) is 0 Å². The zero-order chi connectivity index (χ0) is 13.2. The van der Waals surface area contributed by atoms with Crippen LogP contribution in [0, 0.1) is 0 Å². The summed E-state index contributed by atoms with van der Waals surface area (Å²) in [4.78, 5) is 19.6. The Balaban J connectivity index is 2.19. The van der Waals surface area contributed by atoms with Crippen LogP contribution in [0.5, 0.6) is 0 Å². The van der Waals surface area contributed by atoms with E-state index in [0.29, 0.717) is 12.1 Å². The first-order chi connectivity index (χ1) is 8.50. The lowest BCUT2D eigenvalue weighted by atomic mass is 9.90. The van der Waals surface area contributed by atoms with Crippen LogP contribution in [-0.4, -0.2) is 21.0 Å². The van der Waals surface area contributed by atoms with Crippen molar-refractivity contribution in [3.63, 3.8) is 0 Å². The van der Waals surface area contributed by atoms with Crippen molar-refractivity contribution in [2.75, 3.05) is 0 Å². The minimum atomic E-state index is -0.941. The van der Waals surface area contributed by atoms with Gasteiger partial charge in [0.1, 0.15) is 5.41 Å². The topological polar surface area (TPSA) is 63.1 Å². The molecule has 0 aliphatic heterocycles. The smallest absolute Gasteiger partial charge is 0.315 e. The first-order valence-electron chi connectivity index (χ1n) is 5.57. The number of carboxylic acid groups (broad SMARTS) is 1. The van der Waals surface area contributed by atoms with Gasteiger partial charge in [-0.25, -0.2) is 4.98 Å². The van der Waals surface area contributed by atoms with Crippen LogP contribution < -0.4 is 0 Å². The second kappa shape index (κ2) is 4.86. The van der Waals surface area contributed by atoms with E-state index in [1.54, 1.807) is 26.2 Å². The Kier molecular flexibility index (Phi) is 3.43. The van der Waals surface area contributed by atoms with E-state index in [1.165, 1.54) is 11.3 Å². The molecule has 0 radical (unpaired) electrons. The van der Waals surface area contributed by atoms with Gasteiger partial charge in [-0.2, -0.15) is 0 Å². The Bertz CT molecular complexity index is 549. The number of nitrogens with zero attached hydrogens (tertiary/aromatic N) is 2. The number of thiazole rings is 1. The molecule has 0 atom stereocenters. The summed E-state index contributed by atoms with van der Waals surface area (Å²) in [6, 6.07) is 3.86. The van der Waals surface area contributed by atoms with E-state index in [4.69, 9.17) is 5.11 Å². The molecule has 94 valence electrons. The van der Waals surface area contributed by atoms with E-state index in [0.717, 1.165) is 10.6 Å². The van der Waals surface area contributed by atoms with Gasteiger partial charge in [-0.1, -0.05) is 6.07 Å². The van der Waals surface area contributed by atoms with Crippen molar-refractivity contribution in [1.82, 2.24) is 9.97 Å². The summed E-state index contributed by atoms with van der Waals surface area (Å²) in [7, 11) is 0. The van der Waals surface area contributed by atoms with Crippen LogP contribution in [0.15, 0.2) is 29.9 Å². The predicted molar refractivity (Wildman–Crippen MR) is 69.8 cm³/mol. The van der Waals surface area contributed by atoms with Gasteiger partial charge in [-0.15, -0.1) is 11.3 Å². The second-order valence-electron chi connectivity index (χ2n) is 4.59. The standard InChI is InChI=1S/C13H14N2O2S/c1-13(2,12(16)17)10-8-18-11(15-10)6-9-4-3-5-14-7-9/h3-5,7-8H,6H2,1-2H3,(H,16,17). The molecule has 0 fully saturated rings. The molecule has 2 aromatic rings. The highest BCUT2D eigenvalue weighted by Crippen LogP contribution is 2.26. The number of hydrogen-bond acceptors (Lipinski definition) is 4. The third-order valence-electron chi connectivity index (χ3n) is 2.80. The van der Waals surface area contributed by atoms with E-state index >= 15 is 0 Å². The lowest BCUT2D eigenvalue weighted by molar-refractivity contribution is -0.142. The molecule has 0 aromatic carbocycles. The van der Waals surface area contributed by atoms with Crippen molar-refractivity contribution in [2.24, 2.45) is 0 Å². The van der Waals surface area contributed by atoms with Gasteiger partial charge >= 0.3 is 5.97 Å². The molecule has 0 spiro atoms. The van der Waals surface area contributed by atoms with Crippen LogP contribution in [-0.2, 0) is 16.6 Å². The van der Waals surface area contributed by atoms with Crippen molar-refractivity contribution < 1.29 is 9.90 Å². The number of aliphatic carboxylic acids is 1. The Morgan fingerprint density at radius 1 is 1.50 bits per heavy atom. The summed E-state index contributed by atoms with van der Waals surface area (Å²) in [6.07, 6.45) is 4.21. The number of aromatic nitrogens is 2. The van der Waals surface area contributed by atoms with Crippen molar-refractivity contribution in [2.45, 2.75) is 25.7 Å². The molecule has 0 saturated carbocycles. The maximum atomic E-state index is 11.1. The zero-order valence-electron chi connectivity index (χ0n) is 10.3. The van der Waals surface area contributed by atoms with Crippen LogP contribution in [0.4, 0.5) is 0 Å². The van der Waals surface area contributed by atoms with Gasteiger partial charge in [0.25, 0.3) is 0 Å². The highest BCUT2D eigenvalue weighted by molar-refractivity contribution is 7.09. The van der Waals surface area contributed by atoms with E-state index in [9.17, 15) is 4.79 Å². The molecule has 1 N–H and O–H groups in total. The van der Waals surface area contributed by atoms with Crippen molar-refractivity contribution >= 4 is 17.3 Å². The molecule has 5 heteroatoms. The van der Waals surface area contributed by atoms with E-state index < -0.39 is 11.4 Å². The lowest BCUT2D eigenvalue weighted by Crippen LogP contribution is -2.28. The van der Waals surface area contributed by atoms with Crippen LogP contribution in [0.1, 0.15) is 30.1 Å². The summed E-state index contributed by atoms with van der Waals surface area (Å²) >= 11 is 1.49. The SMILES string of the molecule is CC(C)(C(=O)O)c1csc(Cc2cccnc2)n1. The van der Waals surface area contributed by atoms with E-state index in [2.05, 4.69) is 9.97 Å². The minimum Gasteiger partial charge on any atom is -0.481 e. The molecule has 18 heavy (non-hydrogen) atoms. The highest BCUT2D eigenvalue weighted by Gasteiger charge is 2.31. The summed E-state index contributed by atoms with van der Waals surface area (Å²) in [5.74, 6) is -0.860. The lowest BCUT2D eigenvalue weighted by Gasteiger charge is -2.15. The fourth-order valence-corrected chi connectivity index (χ4v) is 2.46. The molecule has 2 rings (SSSR count). The normalized spacial score (nSPS) is 11.4. The largest absolute Gasteiger partial charge is 0.481 e. The molecular formula is C13H14N2O2S. The van der Waals surface area contributed by atoms with Crippen molar-refractivity contribution in [3.8, 4) is 0 Å². The molecule has 0 unspecified atom stereocenters. The molecule has 2 aromatic heterocycles. The maximum Gasteiger partial charge on any atom is 0.315 e. The number of rotatable bonds is 4. The number of carboxylic acids is 1. The Hall–Kier alpha value is -1.75. The average molecular weight is 262 g/mol. The average Bonchev–Trinajstić information content (AvgIpc) is 2.79. The fourth-order valence-electron chi connectivity index (χ4n) is 1.47. The summed E-state index contributed by atoms with van der Waals surface area (Å²) in [5.41, 5.74) is 0.745. The zero-order valence-corrected chi connectivity index (χ0v) is 11.1. The summed E-state index contributed by atoms with van der Waals surface area (Å²) < 4.78 is 0. The third-order valence-corrected chi connectivity index (χ3v) is 3.65. The third kappa shape index (κ3) is 2.56. The fraction of sp³-hybridized carbons (Fsp3) is 0.308. The molecular weight excluding hydrogens is 248 g/mol. The summed E-state index contributed by atoms with van der Waals surface area (Å²) in [5, 5.41) is 11.9. The highest BCUT2D eigenvalue weighted by atomic mass is 32.1. The van der Waals surface area contributed by atoms with Gasteiger partial charge in [0, 0.05) is 24.2 Å². The quantitative estimate of drug-likeness (QED) is 0.919. The monoisotopic (exact) mass is 262 g/mol. The molecule has 4 nitrogen and oxygen atoms in total. The van der Waals surface area contributed by atoms with Gasteiger partial charge in [0.05, 0.1) is 10.7 Å². The van der Waals surface area contributed by atoms with Gasteiger partial charge in [-0.05, 0) is 25.5 Å². The Morgan fingerprint density at radius 3 is 2.89 bits per heavy atom. The summed E-state index contributed by atoms with van der Waals surface area (Å²) in [6.45, 7) is 3.33. The van der Waals surface area contributed by atoms with Gasteiger partial charge in [0.15, 0.2) is 0 Å². The first kappa shape index (κ1) is 12.7. The minimum absolute atomic E-state index is 0.610. The van der Waals surface area contributed by atoms with Crippen LogP contribution in [0.25, 0.3) is 0 Å². The van der Waals surface area contributed by atoms with Gasteiger partial charge in [-0.3, -0.25) is 9.78 Å². The molecule has 0 aliphatic carbocycles. The van der Waals surface area contributed by atoms with Gasteiger partial charge in [0.2, 0.25) is 0 Å². The molecule has 0 aliphatic rings. The molecule has 0 amide bonds. The van der Waals surface area contributed by atoms with E-state index in [-0.39, 0.29) is 0 Å². The number of hydrogen-bond donors (Lipinski definition) is 1. The Labute approximate surface area is 109 Å². The first-order valence-corrected chi connectivity index (χ1v) is 6.45. The predicted octanol–water partition coefficient (Wildman–Crippen LogP) is 2.49. The van der Waals surface area contributed by atoms with E-state index in [1.807, 2.05) is 17.5 Å². The van der Waals surface area contributed by atoms with Crippen molar-refractivity contribution in [3.05, 3.63) is 46.2 Å². The number of pyridine rings is 1. The van der Waals surface area contributed by atoms with Crippen LogP contribution in [0.3, 0.4) is 0 Å². The Morgan fingerprint density at radius 2 is 2.28 bits per heavy atom. The molecule has 2 heterocycles. The van der Waals surface area contributed by atoms with Gasteiger partial charge < -0.3 is 5.11 Å². The number of carbonyl (C=O) groups is 1. The second-order valence-corrected chi connectivity index (χ2v) is 5.54. The maximum absolute atomic E-state index is 11.1. The van der Waals surface area contributed by atoms with Crippen LogP contribution >= 0.6 is 11.3 Å². The molecule has 0 saturated heterocycles.